The van der Waals surface area contributed by atoms with Gasteiger partial charge in [0, 0.05) is 42.7 Å². The van der Waals surface area contributed by atoms with E-state index < -0.39 is 8.25 Å². The SMILES string of the molecule is O=C(CCCCCN1C(=O)C=C(S)C1=O)NCCCCC(CO)CO[P+](=O)O. The summed E-state index contributed by atoms with van der Waals surface area (Å²) >= 11 is 3.93. The van der Waals surface area contributed by atoms with Crippen molar-refractivity contribution in [3.63, 3.8) is 0 Å². The highest BCUT2D eigenvalue weighted by atomic mass is 32.1. The Morgan fingerprint density at radius 2 is 2.00 bits per heavy atom. The molecule has 0 aromatic heterocycles. The molecule has 0 aromatic rings. The molecule has 1 aliphatic rings. The summed E-state index contributed by atoms with van der Waals surface area (Å²) in [7, 11) is -2.65. The average molecular weight is 435 g/mol. The van der Waals surface area contributed by atoms with E-state index in [1.165, 1.54) is 6.08 Å². The fraction of sp³-hybridized carbons (Fsp3) is 0.706. The Kier molecular flexibility index (Phi) is 12.2. The molecule has 0 fully saturated rings. The summed E-state index contributed by atoms with van der Waals surface area (Å²) in [6, 6.07) is 0. The Morgan fingerprint density at radius 3 is 2.61 bits per heavy atom. The molecule has 1 aliphatic heterocycles. The minimum Gasteiger partial charge on any atom is -0.396 e. The normalized spacial score (nSPS) is 15.6. The number of thiol groups is 1. The number of carbonyl (C=O) groups excluding carboxylic acids is 3. The van der Waals surface area contributed by atoms with Gasteiger partial charge in [0.2, 0.25) is 5.91 Å². The molecule has 0 aromatic carbocycles. The Labute approximate surface area is 170 Å². The molecule has 0 spiro atoms. The average Bonchev–Trinajstić information content (AvgIpc) is 2.89. The summed E-state index contributed by atoms with van der Waals surface area (Å²) in [5.74, 6) is -0.948. The number of imide groups is 1. The van der Waals surface area contributed by atoms with Gasteiger partial charge in [0.1, 0.15) is 6.61 Å². The van der Waals surface area contributed by atoms with Crippen molar-refractivity contribution in [1.82, 2.24) is 10.2 Å². The summed E-state index contributed by atoms with van der Waals surface area (Å²) in [6.07, 6.45) is 5.79. The molecule has 0 radical (unpaired) electrons. The number of amides is 3. The summed E-state index contributed by atoms with van der Waals surface area (Å²) in [5, 5.41) is 12.0. The number of nitrogens with one attached hydrogen (secondary N) is 1. The molecule has 1 rings (SSSR count). The molecule has 3 amide bonds. The van der Waals surface area contributed by atoms with Crippen molar-refractivity contribution in [3.8, 4) is 0 Å². The second-order valence-electron chi connectivity index (χ2n) is 6.56. The fourth-order valence-electron chi connectivity index (χ4n) is 2.71. The molecule has 0 aliphatic carbocycles. The predicted molar refractivity (Wildman–Crippen MR) is 105 cm³/mol. The molecule has 11 heteroatoms. The Hall–Kier alpha value is -1.32. The Morgan fingerprint density at radius 1 is 1.25 bits per heavy atom. The summed E-state index contributed by atoms with van der Waals surface area (Å²) in [5.41, 5.74) is 0. The predicted octanol–water partition coefficient (Wildman–Crippen LogP) is 1.29. The van der Waals surface area contributed by atoms with Gasteiger partial charge in [0.05, 0.1) is 4.91 Å². The van der Waals surface area contributed by atoms with Gasteiger partial charge in [-0.15, -0.1) is 22.0 Å². The molecule has 2 unspecified atom stereocenters. The van der Waals surface area contributed by atoms with E-state index in [2.05, 4.69) is 22.5 Å². The van der Waals surface area contributed by atoms with Gasteiger partial charge < -0.3 is 10.4 Å². The number of hydrogen-bond acceptors (Lipinski definition) is 7. The molecule has 2 atom stereocenters. The number of unbranched alkanes of at least 4 members (excludes halogenated alkanes) is 3. The topological polar surface area (TPSA) is 133 Å². The minimum absolute atomic E-state index is 0.0363. The zero-order valence-electron chi connectivity index (χ0n) is 15.7. The van der Waals surface area contributed by atoms with Gasteiger partial charge in [-0.3, -0.25) is 19.3 Å². The Balaban J connectivity index is 2.00. The van der Waals surface area contributed by atoms with Crippen LogP contribution < -0.4 is 5.32 Å². The third-order valence-corrected chi connectivity index (χ3v) is 5.01. The lowest BCUT2D eigenvalue weighted by atomic mass is 10.0. The van der Waals surface area contributed by atoms with Crippen LogP contribution in [0.4, 0.5) is 0 Å². The van der Waals surface area contributed by atoms with Crippen molar-refractivity contribution in [2.24, 2.45) is 5.92 Å². The first-order chi connectivity index (χ1) is 13.3. The first-order valence-electron chi connectivity index (χ1n) is 9.28. The fourth-order valence-corrected chi connectivity index (χ4v) is 3.28. The molecule has 3 N–H and O–H groups in total. The molecule has 28 heavy (non-hydrogen) atoms. The van der Waals surface area contributed by atoms with Gasteiger partial charge in [-0.25, -0.2) is 0 Å². The van der Waals surface area contributed by atoms with E-state index in [1.54, 1.807) is 0 Å². The van der Waals surface area contributed by atoms with E-state index in [4.69, 9.17) is 10.00 Å². The highest BCUT2D eigenvalue weighted by molar-refractivity contribution is 7.85. The van der Waals surface area contributed by atoms with Crippen LogP contribution in [0.5, 0.6) is 0 Å². The molecule has 9 nitrogen and oxygen atoms in total. The molecular weight excluding hydrogens is 407 g/mol. The molecular formula is C17H28N2O7PS+. The largest absolute Gasteiger partial charge is 0.694 e. The number of aliphatic hydroxyl groups is 1. The molecule has 0 bridgehead atoms. The van der Waals surface area contributed by atoms with Crippen LogP contribution in [0.3, 0.4) is 0 Å². The van der Waals surface area contributed by atoms with Gasteiger partial charge in [0.25, 0.3) is 11.8 Å². The first-order valence-corrected chi connectivity index (χ1v) is 10.9. The quantitative estimate of drug-likeness (QED) is 0.132. The number of nitrogens with zero attached hydrogens (tertiary/aromatic N) is 1. The van der Waals surface area contributed by atoms with E-state index in [-0.39, 0.29) is 41.8 Å². The molecule has 0 saturated carbocycles. The number of hydrogen-bond donors (Lipinski definition) is 4. The van der Waals surface area contributed by atoms with Gasteiger partial charge in [-0.1, -0.05) is 12.8 Å². The maximum absolute atomic E-state index is 11.8. The lowest BCUT2D eigenvalue weighted by Crippen LogP contribution is -2.31. The highest BCUT2D eigenvalue weighted by Gasteiger charge is 2.28. The van der Waals surface area contributed by atoms with Crippen LogP contribution in [-0.4, -0.2) is 58.9 Å². The van der Waals surface area contributed by atoms with Crippen molar-refractivity contribution in [1.29, 1.82) is 0 Å². The monoisotopic (exact) mass is 435 g/mol. The van der Waals surface area contributed by atoms with Gasteiger partial charge >= 0.3 is 8.25 Å². The van der Waals surface area contributed by atoms with Crippen LogP contribution in [0.2, 0.25) is 0 Å². The number of aliphatic hydroxyl groups excluding tert-OH is 1. The summed E-state index contributed by atoms with van der Waals surface area (Å²) < 4.78 is 15.1. The zero-order chi connectivity index (χ0) is 20.9. The van der Waals surface area contributed by atoms with E-state index in [0.29, 0.717) is 38.8 Å². The molecule has 1 heterocycles. The summed E-state index contributed by atoms with van der Waals surface area (Å²) in [4.78, 5) is 44.8. The van der Waals surface area contributed by atoms with E-state index in [9.17, 15) is 18.9 Å². The third kappa shape index (κ3) is 9.75. The van der Waals surface area contributed by atoms with Crippen LogP contribution in [0.1, 0.15) is 44.9 Å². The lowest BCUT2D eigenvalue weighted by molar-refractivity contribution is -0.137. The lowest BCUT2D eigenvalue weighted by Gasteiger charge is -2.13. The molecule has 158 valence electrons. The van der Waals surface area contributed by atoms with Crippen molar-refractivity contribution >= 4 is 38.6 Å². The first kappa shape index (κ1) is 24.7. The van der Waals surface area contributed by atoms with Crippen molar-refractivity contribution < 1.29 is 33.5 Å². The van der Waals surface area contributed by atoms with E-state index in [1.807, 2.05) is 0 Å². The standard InChI is InChI=1S/C17H27N2O7PS/c20-11-13(12-26-27(24)25)6-3-4-8-18-15(21)7-2-1-5-9-19-16(22)10-14(28)17(19)23/h10,13,20H,1-9,11-12H2,(H2-,18,21,22,24,25,28)/p+1. The van der Waals surface area contributed by atoms with E-state index in [0.717, 1.165) is 24.2 Å². The van der Waals surface area contributed by atoms with Crippen LogP contribution in [0.15, 0.2) is 11.0 Å². The maximum atomic E-state index is 11.8. The smallest absolute Gasteiger partial charge is 0.396 e. The van der Waals surface area contributed by atoms with Crippen LogP contribution in [-0.2, 0) is 23.5 Å². The molecule has 0 saturated heterocycles. The van der Waals surface area contributed by atoms with E-state index >= 15 is 0 Å². The number of rotatable bonds is 15. The van der Waals surface area contributed by atoms with Gasteiger partial charge in [-0.2, -0.15) is 0 Å². The maximum Gasteiger partial charge on any atom is 0.694 e. The number of carbonyl (C=O) groups is 3. The summed E-state index contributed by atoms with van der Waals surface area (Å²) in [6.45, 7) is 0.781. The highest BCUT2D eigenvalue weighted by Crippen LogP contribution is 2.19. The van der Waals surface area contributed by atoms with Crippen LogP contribution in [0.25, 0.3) is 0 Å². The van der Waals surface area contributed by atoms with Gasteiger partial charge in [0.15, 0.2) is 0 Å². The second kappa shape index (κ2) is 13.8. The van der Waals surface area contributed by atoms with Gasteiger partial charge in [-0.05, 0) is 25.7 Å². The van der Waals surface area contributed by atoms with Crippen LogP contribution >= 0.6 is 20.9 Å². The second-order valence-corrected chi connectivity index (χ2v) is 7.78. The van der Waals surface area contributed by atoms with Crippen LogP contribution in [0, 0.1) is 5.92 Å². The minimum atomic E-state index is -2.65. The van der Waals surface area contributed by atoms with Crippen molar-refractivity contribution in [2.45, 2.75) is 44.9 Å². The Bertz CT molecular complexity index is 600. The zero-order valence-corrected chi connectivity index (χ0v) is 17.5. The third-order valence-electron chi connectivity index (χ3n) is 4.32. The van der Waals surface area contributed by atoms with Crippen molar-refractivity contribution in [3.05, 3.63) is 11.0 Å². The van der Waals surface area contributed by atoms with Crippen molar-refractivity contribution in [2.75, 3.05) is 26.3 Å².